The summed E-state index contributed by atoms with van der Waals surface area (Å²) < 4.78 is 6.46. The van der Waals surface area contributed by atoms with E-state index in [0.29, 0.717) is 11.4 Å². The van der Waals surface area contributed by atoms with E-state index in [0.717, 1.165) is 28.0 Å². The molecule has 0 saturated carbocycles. The van der Waals surface area contributed by atoms with Gasteiger partial charge in [-0.1, -0.05) is 60.2 Å². The maximum Gasteiger partial charge on any atom is 0.150 e. The molecule has 0 aliphatic carbocycles. The van der Waals surface area contributed by atoms with Gasteiger partial charge >= 0.3 is 0 Å². The molecule has 4 heteroatoms. The molecular weight excluding hydrogens is 430 g/mol. The number of hydrogen-bond acceptors (Lipinski definition) is 2. The van der Waals surface area contributed by atoms with Crippen molar-refractivity contribution in [3.63, 3.8) is 0 Å². The van der Waals surface area contributed by atoms with Crippen molar-refractivity contribution >= 4 is 27.5 Å². The second-order valence-electron chi connectivity index (χ2n) is 9.11. The first-order valence-corrected chi connectivity index (χ1v) is 11.9. The smallest absolute Gasteiger partial charge is 0.150 e. The van der Waals surface area contributed by atoms with Crippen LogP contribution in [-0.4, -0.2) is 9.97 Å². The van der Waals surface area contributed by atoms with E-state index in [1.54, 1.807) is 0 Å². The van der Waals surface area contributed by atoms with Crippen LogP contribution in [0.5, 0.6) is 11.5 Å². The van der Waals surface area contributed by atoms with Gasteiger partial charge in [0.2, 0.25) is 0 Å². The van der Waals surface area contributed by atoms with Crippen molar-refractivity contribution in [3.05, 3.63) is 125 Å². The molecule has 4 N–H and O–H groups in total. The summed E-state index contributed by atoms with van der Waals surface area (Å²) in [5.41, 5.74) is 15.0. The molecule has 4 nitrogen and oxygen atoms in total. The van der Waals surface area contributed by atoms with Gasteiger partial charge in [-0.3, -0.25) is 0 Å². The molecular formula is C31H27N3O. The summed E-state index contributed by atoms with van der Waals surface area (Å²) in [5.74, 6) is 1.40. The van der Waals surface area contributed by atoms with Crippen LogP contribution >= 0.6 is 0 Å². The summed E-state index contributed by atoms with van der Waals surface area (Å²) in [5, 5.41) is 2.43. The van der Waals surface area contributed by atoms with Crippen LogP contribution in [0, 0.1) is 13.8 Å². The van der Waals surface area contributed by atoms with Gasteiger partial charge < -0.3 is 20.4 Å². The third-order valence-electron chi connectivity index (χ3n) is 6.78. The first-order valence-electron chi connectivity index (χ1n) is 11.9. The topological polar surface area (TPSA) is 66.8 Å². The minimum atomic E-state index is -0.0529. The molecule has 2 aromatic heterocycles. The standard InChI is InChI=1S/C31H27N3O/c1-19-15-16-27-23(17-19)30(20(2)34-27)31(24-18-33-26-12-6-3-9-21(24)26)22-10-4-7-13-28(22)35-29-14-8-5-11-25(29)32/h3-18,31,33-34H,32H2,1-2H3/t31-/m0/s1. The second kappa shape index (κ2) is 8.41. The lowest BCUT2D eigenvalue weighted by molar-refractivity contribution is 0.478. The number of para-hydroxylation sites is 4. The highest BCUT2D eigenvalue weighted by molar-refractivity contribution is 5.90. The highest BCUT2D eigenvalue weighted by Crippen LogP contribution is 2.45. The van der Waals surface area contributed by atoms with Crippen molar-refractivity contribution in [1.82, 2.24) is 9.97 Å². The highest BCUT2D eigenvalue weighted by atomic mass is 16.5. The Balaban J connectivity index is 1.63. The van der Waals surface area contributed by atoms with Gasteiger partial charge in [0.05, 0.1) is 5.69 Å². The van der Waals surface area contributed by atoms with Gasteiger partial charge in [-0.25, -0.2) is 0 Å². The maximum atomic E-state index is 6.46. The molecule has 4 aromatic carbocycles. The van der Waals surface area contributed by atoms with Crippen LogP contribution in [0.15, 0.2) is 97.2 Å². The number of fused-ring (bicyclic) bond motifs is 2. The van der Waals surface area contributed by atoms with E-state index < -0.39 is 0 Å². The quantitative estimate of drug-likeness (QED) is 0.231. The van der Waals surface area contributed by atoms with Gasteiger partial charge in [0.1, 0.15) is 11.5 Å². The van der Waals surface area contributed by atoms with Gasteiger partial charge in [0.15, 0.2) is 0 Å². The van der Waals surface area contributed by atoms with Crippen molar-refractivity contribution in [2.75, 3.05) is 5.73 Å². The minimum absolute atomic E-state index is 0.0529. The van der Waals surface area contributed by atoms with Gasteiger partial charge in [0, 0.05) is 45.2 Å². The van der Waals surface area contributed by atoms with Crippen LogP contribution in [0.4, 0.5) is 5.69 Å². The number of benzene rings is 4. The Kier molecular flexibility index (Phi) is 5.07. The van der Waals surface area contributed by atoms with Gasteiger partial charge in [-0.2, -0.15) is 0 Å². The minimum Gasteiger partial charge on any atom is -0.455 e. The van der Waals surface area contributed by atoms with Crippen molar-refractivity contribution < 1.29 is 4.74 Å². The summed E-state index contributed by atoms with van der Waals surface area (Å²) in [4.78, 5) is 7.11. The lowest BCUT2D eigenvalue weighted by atomic mass is 9.83. The molecule has 172 valence electrons. The summed E-state index contributed by atoms with van der Waals surface area (Å²) in [6.45, 7) is 4.30. The van der Waals surface area contributed by atoms with E-state index in [4.69, 9.17) is 10.5 Å². The number of ether oxygens (including phenoxy) is 1. The largest absolute Gasteiger partial charge is 0.455 e. The lowest BCUT2D eigenvalue weighted by Gasteiger charge is -2.22. The number of H-pyrrole nitrogens is 2. The first-order chi connectivity index (χ1) is 17.1. The van der Waals surface area contributed by atoms with Crippen LogP contribution in [0.25, 0.3) is 21.8 Å². The molecule has 0 saturated heterocycles. The number of nitrogen functional groups attached to an aromatic ring is 1. The third-order valence-corrected chi connectivity index (χ3v) is 6.78. The van der Waals surface area contributed by atoms with Crippen molar-refractivity contribution in [2.45, 2.75) is 19.8 Å². The summed E-state index contributed by atoms with van der Waals surface area (Å²) in [6.07, 6.45) is 2.14. The van der Waals surface area contributed by atoms with Crippen LogP contribution in [-0.2, 0) is 0 Å². The zero-order valence-electron chi connectivity index (χ0n) is 19.8. The van der Waals surface area contributed by atoms with E-state index >= 15 is 0 Å². The first kappa shape index (κ1) is 21.1. The number of nitrogens with two attached hydrogens (primary N) is 1. The molecule has 6 rings (SSSR count). The molecule has 1 atom stereocenters. The van der Waals surface area contributed by atoms with Crippen LogP contribution < -0.4 is 10.5 Å². The zero-order chi connectivity index (χ0) is 23.9. The lowest BCUT2D eigenvalue weighted by Crippen LogP contribution is -2.06. The molecule has 0 amide bonds. The third kappa shape index (κ3) is 3.64. The molecule has 0 unspecified atom stereocenters. The Morgan fingerprint density at radius 1 is 0.714 bits per heavy atom. The Morgan fingerprint density at radius 3 is 2.31 bits per heavy atom. The highest BCUT2D eigenvalue weighted by Gasteiger charge is 2.28. The van der Waals surface area contributed by atoms with Gasteiger partial charge in [-0.05, 0) is 61.4 Å². The van der Waals surface area contributed by atoms with E-state index in [1.165, 1.54) is 27.5 Å². The number of aromatic nitrogens is 2. The average Bonchev–Trinajstić information content (AvgIpc) is 3.43. The fraction of sp³-hybridized carbons (Fsp3) is 0.0968. The van der Waals surface area contributed by atoms with E-state index in [9.17, 15) is 0 Å². The maximum absolute atomic E-state index is 6.46. The molecule has 0 radical (unpaired) electrons. The normalized spacial score (nSPS) is 12.3. The Morgan fingerprint density at radius 2 is 1.46 bits per heavy atom. The second-order valence-corrected chi connectivity index (χ2v) is 9.11. The number of hydrogen-bond donors (Lipinski definition) is 3. The van der Waals surface area contributed by atoms with Gasteiger partial charge in [-0.15, -0.1) is 0 Å². The number of nitrogens with one attached hydrogen (secondary N) is 2. The van der Waals surface area contributed by atoms with Crippen LogP contribution in [0.3, 0.4) is 0 Å². The fourth-order valence-corrected chi connectivity index (χ4v) is 5.15. The monoisotopic (exact) mass is 457 g/mol. The molecule has 0 bridgehead atoms. The predicted octanol–water partition coefficient (Wildman–Crippen LogP) is 7.82. The number of aryl methyl sites for hydroxylation is 2. The fourth-order valence-electron chi connectivity index (χ4n) is 5.15. The van der Waals surface area contributed by atoms with E-state index in [-0.39, 0.29) is 5.92 Å². The van der Waals surface area contributed by atoms with E-state index in [1.807, 2.05) is 36.4 Å². The van der Waals surface area contributed by atoms with Crippen molar-refractivity contribution in [2.24, 2.45) is 0 Å². The van der Waals surface area contributed by atoms with Crippen LogP contribution in [0.2, 0.25) is 0 Å². The summed E-state index contributed by atoms with van der Waals surface area (Å²) >= 11 is 0. The summed E-state index contributed by atoms with van der Waals surface area (Å²) in [6, 6.07) is 31.0. The molecule has 6 aromatic rings. The molecule has 0 aliphatic rings. The average molecular weight is 458 g/mol. The van der Waals surface area contributed by atoms with E-state index in [2.05, 4.69) is 84.6 Å². The van der Waals surface area contributed by atoms with Crippen molar-refractivity contribution in [1.29, 1.82) is 0 Å². The van der Waals surface area contributed by atoms with Gasteiger partial charge in [0.25, 0.3) is 0 Å². The number of anilines is 1. The molecule has 0 fully saturated rings. The molecule has 35 heavy (non-hydrogen) atoms. The van der Waals surface area contributed by atoms with Crippen LogP contribution in [0.1, 0.15) is 33.9 Å². The summed E-state index contributed by atoms with van der Waals surface area (Å²) in [7, 11) is 0. The molecule has 2 heterocycles. The molecule has 0 aliphatic heterocycles. The zero-order valence-corrected chi connectivity index (χ0v) is 19.8. The molecule has 0 spiro atoms. The Labute approximate surface area is 204 Å². The number of aromatic amines is 2. The van der Waals surface area contributed by atoms with Crippen molar-refractivity contribution in [3.8, 4) is 11.5 Å². The Hall–Kier alpha value is -4.44. The predicted molar refractivity (Wildman–Crippen MR) is 144 cm³/mol. The SMILES string of the molecule is Cc1ccc2[nH]c(C)c([C@@H](c3ccccc3Oc3ccccc3N)c3c[nH]c4ccccc34)c2c1. The Bertz CT molecular complexity index is 1670. The number of rotatable bonds is 5.